The van der Waals surface area contributed by atoms with Crippen LogP contribution in [-0.2, 0) is 0 Å². The van der Waals surface area contributed by atoms with Crippen LogP contribution in [0.3, 0.4) is 0 Å². The fourth-order valence-electron chi connectivity index (χ4n) is 6.47. The van der Waals surface area contributed by atoms with Crippen LogP contribution in [0.15, 0.2) is 162 Å². The summed E-state index contributed by atoms with van der Waals surface area (Å²) in [6.45, 7) is 0. The van der Waals surface area contributed by atoms with Gasteiger partial charge in [-0.1, -0.05) is 0 Å². The molecule has 0 fully saturated rings. The first-order chi connectivity index (χ1) is 23.7. The molecule has 48 heavy (non-hydrogen) atoms. The van der Waals surface area contributed by atoms with E-state index in [2.05, 4.69) is 113 Å². The quantitative estimate of drug-likeness (QED) is 0.170. The van der Waals surface area contributed by atoms with Gasteiger partial charge in [0, 0.05) is 0 Å². The van der Waals surface area contributed by atoms with E-state index in [1.165, 1.54) is 16.3 Å². The van der Waals surface area contributed by atoms with Crippen molar-refractivity contribution < 1.29 is 4.42 Å². The summed E-state index contributed by atoms with van der Waals surface area (Å²) in [5, 5.41) is 4.49. The van der Waals surface area contributed by atoms with Crippen LogP contribution >= 0.6 is 0 Å². The molecular formula is C43H26N3OSe. The number of aromatic nitrogens is 3. The second-order valence-corrected chi connectivity index (χ2v) is 12.6. The van der Waals surface area contributed by atoms with Crippen molar-refractivity contribution in [3.63, 3.8) is 0 Å². The summed E-state index contributed by atoms with van der Waals surface area (Å²) < 4.78 is 7.20. The minimum absolute atomic E-state index is 0.596. The summed E-state index contributed by atoms with van der Waals surface area (Å²) in [7, 11) is 0. The van der Waals surface area contributed by atoms with Crippen LogP contribution in [0.1, 0.15) is 0 Å². The molecule has 0 atom stereocenters. The third-order valence-electron chi connectivity index (χ3n) is 8.82. The summed E-state index contributed by atoms with van der Waals surface area (Å²) in [5.41, 5.74) is 8.92. The number of nitrogens with zero attached hydrogens (tertiary/aromatic N) is 3. The van der Waals surface area contributed by atoms with Crippen molar-refractivity contribution in [3.8, 4) is 56.4 Å². The van der Waals surface area contributed by atoms with Gasteiger partial charge >= 0.3 is 287 Å². The van der Waals surface area contributed by atoms with Gasteiger partial charge in [0.2, 0.25) is 0 Å². The van der Waals surface area contributed by atoms with Gasteiger partial charge in [-0.15, -0.1) is 0 Å². The van der Waals surface area contributed by atoms with Gasteiger partial charge in [-0.05, 0) is 0 Å². The third kappa shape index (κ3) is 4.98. The molecule has 0 bridgehead atoms. The number of hydrogen-bond donors (Lipinski definition) is 0. The van der Waals surface area contributed by atoms with E-state index in [-0.39, 0.29) is 0 Å². The summed E-state index contributed by atoms with van der Waals surface area (Å²) in [4.78, 5) is 15.2. The van der Waals surface area contributed by atoms with E-state index < -0.39 is 0 Å². The molecule has 9 rings (SSSR count). The molecule has 0 aliphatic rings. The number of para-hydroxylation sites is 1. The van der Waals surface area contributed by atoms with Crippen LogP contribution in [0.25, 0.3) is 89.1 Å². The molecule has 5 heteroatoms. The van der Waals surface area contributed by atoms with E-state index >= 15 is 0 Å². The molecule has 0 amide bonds. The van der Waals surface area contributed by atoms with Crippen LogP contribution in [0, 0.1) is 0 Å². The Kier molecular flexibility index (Phi) is 6.93. The Morgan fingerprint density at radius 3 is 1.90 bits per heavy atom. The zero-order valence-electron chi connectivity index (χ0n) is 25.7. The molecule has 225 valence electrons. The number of hydrogen-bond acceptors (Lipinski definition) is 4. The molecular weight excluding hydrogens is 653 g/mol. The van der Waals surface area contributed by atoms with Crippen molar-refractivity contribution in [2.45, 2.75) is 0 Å². The van der Waals surface area contributed by atoms with Gasteiger partial charge in [-0.25, -0.2) is 0 Å². The standard InChI is InChI=1S/C43H26N3OSe/c48-40-33(32-16-8-15-30(26-32)31-24-23-27-11-4-5-14-29(27)25-31)18-9-20-36(40)43-45-41(28-12-2-1-3-13-28)44-42(46-43)35-19-10-22-38-39(35)34-17-6-7-21-37(34)47-38/h1-26H. The molecule has 0 aliphatic carbocycles. The molecule has 0 unspecified atom stereocenters. The Hall–Kier alpha value is -5.87. The number of rotatable bonds is 5. The monoisotopic (exact) mass is 680 g/mol. The second-order valence-electron chi connectivity index (χ2n) is 11.8. The number of furan rings is 1. The zero-order chi connectivity index (χ0) is 32.0. The van der Waals surface area contributed by atoms with Crippen LogP contribution in [-0.4, -0.2) is 31.0 Å². The normalized spacial score (nSPS) is 11.4. The van der Waals surface area contributed by atoms with Crippen molar-refractivity contribution >= 4 is 53.2 Å². The summed E-state index contributed by atoms with van der Waals surface area (Å²) in [6, 6.07) is 54.3. The van der Waals surface area contributed by atoms with Gasteiger partial charge in [0.05, 0.1) is 0 Å². The molecule has 1 radical (unpaired) electrons. The van der Waals surface area contributed by atoms with Gasteiger partial charge in [-0.3, -0.25) is 0 Å². The molecule has 0 saturated heterocycles. The van der Waals surface area contributed by atoms with E-state index in [0.29, 0.717) is 17.5 Å². The predicted molar refractivity (Wildman–Crippen MR) is 197 cm³/mol. The molecule has 2 aromatic heterocycles. The van der Waals surface area contributed by atoms with Crippen LogP contribution in [0.4, 0.5) is 0 Å². The fourth-order valence-corrected chi connectivity index (χ4v) is 7.19. The Balaban J connectivity index is 1.20. The van der Waals surface area contributed by atoms with E-state index in [0.717, 1.165) is 59.8 Å². The Morgan fingerprint density at radius 1 is 0.396 bits per heavy atom. The van der Waals surface area contributed by atoms with Crippen molar-refractivity contribution in [2.24, 2.45) is 0 Å². The van der Waals surface area contributed by atoms with Crippen molar-refractivity contribution in [2.75, 3.05) is 0 Å². The summed E-state index contributed by atoms with van der Waals surface area (Å²) >= 11 is 3.37. The molecule has 4 nitrogen and oxygen atoms in total. The Bertz CT molecular complexity index is 2650. The third-order valence-corrected chi connectivity index (χ3v) is 9.75. The Morgan fingerprint density at radius 2 is 1.00 bits per heavy atom. The molecule has 9 aromatic rings. The van der Waals surface area contributed by atoms with Gasteiger partial charge in [-0.2, -0.15) is 0 Å². The molecule has 0 saturated carbocycles. The summed E-state index contributed by atoms with van der Waals surface area (Å²) in [6.07, 6.45) is 0. The Labute approximate surface area is 285 Å². The van der Waals surface area contributed by atoms with Crippen molar-refractivity contribution in [1.82, 2.24) is 15.0 Å². The first-order valence-electron chi connectivity index (χ1n) is 15.8. The van der Waals surface area contributed by atoms with Crippen LogP contribution in [0.5, 0.6) is 0 Å². The van der Waals surface area contributed by atoms with Gasteiger partial charge in [0.15, 0.2) is 0 Å². The predicted octanol–water partition coefficient (Wildman–Crippen LogP) is 10.1. The summed E-state index contributed by atoms with van der Waals surface area (Å²) in [5.74, 6) is 1.81. The average Bonchev–Trinajstić information content (AvgIpc) is 3.54. The molecule has 0 N–H and O–H groups in total. The van der Waals surface area contributed by atoms with Gasteiger partial charge in [0.1, 0.15) is 0 Å². The van der Waals surface area contributed by atoms with E-state index in [1.807, 2.05) is 60.7 Å². The van der Waals surface area contributed by atoms with Gasteiger partial charge in [0.25, 0.3) is 0 Å². The average molecular weight is 680 g/mol. The molecule has 0 aliphatic heterocycles. The molecule has 7 aromatic carbocycles. The fraction of sp³-hybridized carbons (Fsp3) is 0. The number of fused-ring (bicyclic) bond motifs is 4. The molecule has 0 spiro atoms. The van der Waals surface area contributed by atoms with E-state index in [9.17, 15) is 0 Å². The zero-order valence-corrected chi connectivity index (χ0v) is 27.4. The number of benzene rings is 7. The molecule has 2 heterocycles. The minimum atomic E-state index is 0.596. The van der Waals surface area contributed by atoms with Crippen LogP contribution < -0.4 is 4.46 Å². The first-order valence-corrected chi connectivity index (χ1v) is 16.7. The SMILES string of the molecule is [Se]c1c(-c2cccc(-c3ccc4ccccc4c3)c2)cccc1-c1nc(-c2ccccc2)nc(-c2cccc3oc4ccccc4c23)n1. The van der Waals surface area contributed by atoms with Crippen molar-refractivity contribution in [3.05, 3.63) is 158 Å². The maximum absolute atomic E-state index is 6.21. The van der Waals surface area contributed by atoms with E-state index in [1.54, 1.807) is 0 Å². The second kappa shape index (κ2) is 11.7. The van der Waals surface area contributed by atoms with Gasteiger partial charge < -0.3 is 0 Å². The van der Waals surface area contributed by atoms with Crippen molar-refractivity contribution in [1.29, 1.82) is 0 Å². The van der Waals surface area contributed by atoms with E-state index in [4.69, 9.17) is 19.4 Å². The topological polar surface area (TPSA) is 51.8 Å². The van der Waals surface area contributed by atoms with Crippen LogP contribution in [0.2, 0.25) is 0 Å². The first kappa shape index (κ1) is 28.4. The maximum atomic E-state index is 6.21.